The van der Waals surface area contributed by atoms with Crippen molar-refractivity contribution in [3.8, 4) is 0 Å². The Bertz CT molecular complexity index is 1600. The Labute approximate surface area is 343 Å². The van der Waals surface area contributed by atoms with Crippen molar-refractivity contribution < 1.29 is 0 Å². The van der Waals surface area contributed by atoms with Crippen LogP contribution in [0.5, 0.6) is 0 Å². The van der Waals surface area contributed by atoms with Crippen molar-refractivity contribution in [2.75, 3.05) is 11.5 Å². The molecule has 1 saturated carbocycles. The summed E-state index contributed by atoms with van der Waals surface area (Å²) >= 11 is 0. The van der Waals surface area contributed by atoms with Crippen molar-refractivity contribution in [3.63, 3.8) is 0 Å². The third-order valence-electron chi connectivity index (χ3n) is 13.7. The van der Waals surface area contributed by atoms with Crippen LogP contribution in [-0.2, 0) is 5.41 Å². The second kappa shape index (κ2) is 22.4. The monoisotopic (exact) mass is 755 g/mol. The van der Waals surface area contributed by atoms with Crippen LogP contribution < -0.4 is 11.5 Å². The van der Waals surface area contributed by atoms with Crippen LogP contribution in [0.15, 0.2) is 84.9 Å². The van der Waals surface area contributed by atoms with Crippen LogP contribution in [0.3, 0.4) is 0 Å². The van der Waals surface area contributed by atoms with E-state index >= 15 is 0 Å². The average Bonchev–Trinajstić information content (AvgIpc) is 3.21. The average molecular weight is 755 g/mol. The summed E-state index contributed by atoms with van der Waals surface area (Å²) in [5, 5.41) is 0. The number of aryl methyl sites for hydroxylation is 2. The maximum Gasteiger partial charge on any atom is 0.0316 e. The van der Waals surface area contributed by atoms with Crippen LogP contribution in [0, 0.1) is 19.8 Å². The molecule has 1 aliphatic rings. The Morgan fingerprint density at radius 1 is 0.500 bits per heavy atom. The number of hydrogen-bond acceptors (Lipinski definition) is 2. The minimum Gasteiger partial charge on any atom is -0.399 e. The standard InChI is InChI=1S/C54H78N2/c1-6-9-12-15-16-17-20-43-35-37-54(38-36-43,46-27-23-44(24-28-46)52(21-18-13-10-7-2)50-33-31-48(55)39-41(50)4)47-29-25-45(26-30-47)53(22-19-14-11-8-3)51-34-32-49(56)40-42(51)5/h23-34,39-40,43,52-53H,6-22,35-38,55-56H2,1-5H3. The Morgan fingerprint density at radius 3 is 1.30 bits per heavy atom. The zero-order valence-electron chi connectivity index (χ0n) is 36.3. The zero-order valence-corrected chi connectivity index (χ0v) is 36.3. The molecule has 4 aromatic rings. The number of unbranched alkanes of at least 4 members (excludes halogenated alkanes) is 11. The Balaban J connectivity index is 1.45. The number of hydrogen-bond donors (Lipinski definition) is 2. The van der Waals surface area contributed by atoms with Crippen molar-refractivity contribution in [3.05, 3.63) is 129 Å². The van der Waals surface area contributed by atoms with Gasteiger partial charge in [0.1, 0.15) is 0 Å². The molecule has 1 fully saturated rings. The summed E-state index contributed by atoms with van der Waals surface area (Å²) in [6, 6.07) is 33.2. The molecule has 0 bridgehead atoms. The summed E-state index contributed by atoms with van der Waals surface area (Å²) in [7, 11) is 0. The SMILES string of the molecule is CCCCCCCCC1CCC(c2ccc(C(CCCCCC)c3ccc(N)cc3C)cc2)(c2ccc(C(CCCCCC)c3ccc(N)cc3C)cc2)CC1. The molecule has 56 heavy (non-hydrogen) atoms. The maximum atomic E-state index is 6.23. The Morgan fingerprint density at radius 2 is 0.893 bits per heavy atom. The third kappa shape index (κ3) is 11.8. The quantitative estimate of drug-likeness (QED) is 0.0585. The number of benzene rings is 4. The number of nitrogen functional groups attached to an aromatic ring is 2. The highest BCUT2D eigenvalue weighted by atomic mass is 14.5. The first-order valence-corrected chi connectivity index (χ1v) is 23.2. The lowest BCUT2D eigenvalue weighted by Crippen LogP contribution is -2.33. The maximum absolute atomic E-state index is 6.23. The van der Waals surface area contributed by atoms with E-state index in [2.05, 4.69) is 120 Å². The minimum absolute atomic E-state index is 0.0517. The number of anilines is 2. The van der Waals surface area contributed by atoms with Gasteiger partial charge in [-0.25, -0.2) is 0 Å². The van der Waals surface area contributed by atoms with Gasteiger partial charge < -0.3 is 11.5 Å². The molecule has 0 spiro atoms. The highest BCUT2D eigenvalue weighted by Gasteiger charge is 2.38. The molecule has 4 aromatic carbocycles. The fourth-order valence-electron chi connectivity index (χ4n) is 10.2. The first-order chi connectivity index (χ1) is 27.3. The van der Waals surface area contributed by atoms with Gasteiger partial charge in [-0.1, -0.05) is 178 Å². The van der Waals surface area contributed by atoms with Crippen LogP contribution in [-0.4, -0.2) is 0 Å². The summed E-state index contributed by atoms with van der Waals surface area (Å²) in [6.07, 6.45) is 27.5. The van der Waals surface area contributed by atoms with Crippen molar-refractivity contribution in [2.45, 2.75) is 187 Å². The predicted octanol–water partition coefficient (Wildman–Crippen LogP) is 15.9. The van der Waals surface area contributed by atoms with Gasteiger partial charge in [0.2, 0.25) is 0 Å². The topological polar surface area (TPSA) is 52.0 Å². The predicted molar refractivity (Wildman–Crippen MR) is 246 cm³/mol. The van der Waals surface area contributed by atoms with Crippen molar-refractivity contribution in [1.82, 2.24) is 0 Å². The molecule has 2 atom stereocenters. The van der Waals surface area contributed by atoms with Crippen molar-refractivity contribution in [2.24, 2.45) is 5.92 Å². The molecule has 0 radical (unpaired) electrons. The van der Waals surface area contributed by atoms with Gasteiger partial charge in [-0.2, -0.15) is 0 Å². The zero-order chi connectivity index (χ0) is 39.8. The molecule has 4 N–H and O–H groups in total. The third-order valence-corrected chi connectivity index (χ3v) is 13.7. The summed E-state index contributed by atoms with van der Waals surface area (Å²) in [5.41, 5.74) is 25.7. The van der Waals surface area contributed by atoms with Crippen molar-refractivity contribution in [1.29, 1.82) is 0 Å². The smallest absolute Gasteiger partial charge is 0.0316 e. The van der Waals surface area contributed by atoms with Gasteiger partial charge >= 0.3 is 0 Å². The van der Waals surface area contributed by atoms with Crippen molar-refractivity contribution >= 4 is 11.4 Å². The highest BCUT2D eigenvalue weighted by Crippen LogP contribution is 2.48. The van der Waals surface area contributed by atoms with Crippen LogP contribution >= 0.6 is 0 Å². The largest absolute Gasteiger partial charge is 0.399 e. The second-order valence-electron chi connectivity index (χ2n) is 17.9. The van der Waals surface area contributed by atoms with Gasteiger partial charge in [0, 0.05) is 28.6 Å². The number of nitrogens with two attached hydrogens (primary N) is 2. The second-order valence-corrected chi connectivity index (χ2v) is 17.9. The lowest BCUT2D eigenvalue weighted by atomic mass is 9.62. The van der Waals surface area contributed by atoms with E-state index in [-0.39, 0.29) is 5.41 Å². The first kappa shape index (κ1) is 43.6. The molecular formula is C54H78N2. The first-order valence-electron chi connectivity index (χ1n) is 23.2. The summed E-state index contributed by atoms with van der Waals surface area (Å²) < 4.78 is 0. The molecule has 2 heteroatoms. The van der Waals surface area contributed by atoms with E-state index in [0.717, 1.165) is 17.3 Å². The van der Waals surface area contributed by atoms with E-state index in [4.69, 9.17) is 11.5 Å². The van der Waals surface area contributed by atoms with Gasteiger partial charge in [-0.15, -0.1) is 0 Å². The highest BCUT2D eigenvalue weighted by molar-refractivity contribution is 5.51. The molecule has 2 nitrogen and oxygen atoms in total. The van der Waals surface area contributed by atoms with E-state index in [9.17, 15) is 0 Å². The molecule has 304 valence electrons. The molecule has 0 aliphatic heterocycles. The molecule has 0 amide bonds. The van der Waals surface area contributed by atoms with Gasteiger partial charge in [-0.3, -0.25) is 0 Å². The van der Waals surface area contributed by atoms with E-state index in [0.29, 0.717) is 11.8 Å². The van der Waals surface area contributed by atoms with Gasteiger partial charge in [0.15, 0.2) is 0 Å². The molecule has 2 unspecified atom stereocenters. The minimum atomic E-state index is 0.0517. The fourth-order valence-corrected chi connectivity index (χ4v) is 10.2. The molecule has 0 heterocycles. The van der Waals surface area contributed by atoms with Gasteiger partial charge in [0.05, 0.1) is 0 Å². The Hall–Kier alpha value is -3.52. The normalized spacial score (nSPS) is 18.2. The lowest BCUT2D eigenvalue weighted by molar-refractivity contribution is 0.250. The van der Waals surface area contributed by atoms with Crippen LogP contribution in [0.2, 0.25) is 0 Å². The van der Waals surface area contributed by atoms with Crippen LogP contribution in [0.25, 0.3) is 0 Å². The van der Waals surface area contributed by atoms with E-state index in [1.807, 2.05) is 0 Å². The van der Waals surface area contributed by atoms with E-state index in [1.54, 1.807) is 0 Å². The summed E-state index contributed by atoms with van der Waals surface area (Å²) in [6.45, 7) is 11.4. The summed E-state index contributed by atoms with van der Waals surface area (Å²) in [4.78, 5) is 0. The van der Waals surface area contributed by atoms with E-state index < -0.39 is 0 Å². The lowest BCUT2D eigenvalue weighted by Gasteiger charge is -2.42. The number of rotatable bonds is 23. The van der Waals surface area contributed by atoms with Crippen LogP contribution in [0.4, 0.5) is 11.4 Å². The van der Waals surface area contributed by atoms with Gasteiger partial charge in [-0.05, 0) is 127 Å². The molecule has 0 saturated heterocycles. The molecule has 5 rings (SSSR count). The molecular weight excluding hydrogens is 677 g/mol. The fraction of sp³-hybridized carbons (Fsp3) is 0.556. The van der Waals surface area contributed by atoms with Gasteiger partial charge in [0.25, 0.3) is 0 Å². The molecule has 0 aromatic heterocycles. The van der Waals surface area contributed by atoms with Crippen LogP contribution in [0.1, 0.15) is 212 Å². The summed E-state index contributed by atoms with van der Waals surface area (Å²) in [5.74, 6) is 1.65. The van der Waals surface area contributed by atoms with E-state index in [1.165, 1.54) is 179 Å². The Kier molecular flexibility index (Phi) is 17.5. The molecule has 1 aliphatic carbocycles.